The van der Waals surface area contributed by atoms with Crippen LogP contribution in [0.3, 0.4) is 0 Å². The molecule has 1 aliphatic heterocycles. The third-order valence-corrected chi connectivity index (χ3v) is 5.35. The number of unbranched alkanes of at least 4 members (excludes halogenated alkanes) is 1. The Morgan fingerprint density at radius 1 is 1.19 bits per heavy atom. The smallest absolute Gasteiger partial charge is 0.251 e. The number of fused-ring (bicyclic) bond motifs is 1. The lowest BCUT2D eigenvalue weighted by Gasteiger charge is -2.11. The zero-order chi connectivity index (χ0) is 21.6. The van der Waals surface area contributed by atoms with Gasteiger partial charge in [0.1, 0.15) is 12.0 Å². The van der Waals surface area contributed by atoms with E-state index in [9.17, 15) is 13.6 Å². The van der Waals surface area contributed by atoms with Gasteiger partial charge in [-0.3, -0.25) is 9.18 Å². The van der Waals surface area contributed by atoms with Crippen molar-refractivity contribution in [3.8, 4) is 11.3 Å². The van der Waals surface area contributed by atoms with Crippen LogP contribution in [-0.2, 0) is 0 Å². The molecule has 1 amide bonds. The second-order valence-electron chi connectivity index (χ2n) is 7.68. The second-order valence-corrected chi connectivity index (χ2v) is 7.68. The minimum Gasteiger partial charge on any atom is -0.369 e. The Bertz CT molecular complexity index is 1020. The predicted molar refractivity (Wildman–Crippen MR) is 116 cm³/mol. The number of imidazole rings is 1. The van der Waals surface area contributed by atoms with E-state index in [2.05, 4.69) is 26.0 Å². The number of halogens is 2. The van der Waals surface area contributed by atoms with Crippen molar-refractivity contribution in [2.45, 2.75) is 31.5 Å². The number of hydrogen-bond donors (Lipinski definition) is 3. The molecule has 31 heavy (non-hydrogen) atoms. The summed E-state index contributed by atoms with van der Waals surface area (Å²) in [5.41, 5.74) is 2.93. The zero-order valence-corrected chi connectivity index (χ0v) is 17.2. The fourth-order valence-corrected chi connectivity index (χ4v) is 3.64. The molecule has 0 unspecified atom stereocenters. The lowest BCUT2D eigenvalue weighted by molar-refractivity contribution is 0.0950. The molecule has 2 atom stereocenters. The fourth-order valence-electron chi connectivity index (χ4n) is 3.64. The highest BCUT2D eigenvalue weighted by atomic mass is 19.1. The van der Waals surface area contributed by atoms with Gasteiger partial charge in [-0.25, -0.2) is 13.9 Å². The van der Waals surface area contributed by atoms with E-state index in [1.807, 2.05) is 24.3 Å². The maximum atomic E-state index is 13.2. The molecule has 0 spiro atoms. The fraction of sp³-hybridized carbons (Fsp3) is 0.409. The molecule has 0 aliphatic carbocycles. The number of nitrogens with zero attached hydrogens (tertiary/aromatic N) is 3. The largest absolute Gasteiger partial charge is 0.369 e. The van der Waals surface area contributed by atoms with Gasteiger partial charge in [0.25, 0.3) is 5.91 Å². The first-order valence-corrected chi connectivity index (χ1v) is 10.5. The van der Waals surface area contributed by atoms with Gasteiger partial charge in [0.05, 0.1) is 18.6 Å². The molecular formula is C22H26F2N6O. The summed E-state index contributed by atoms with van der Waals surface area (Å²) in [5.74, 6) is 0.504. The molecule has 0 radical (unpaired) electrons. The first kappa shape index (κ1) is 21.2. The van der Waals surface area contributed by atoms with Gasteiger partial charge in [-0.1, -0.05) is 12.1 Å². The highest BCUT2D eigenvalue weighted by Gasteiger charge is 2.23. The maximum absolute atomic E-state index is 13.2. The van der Waals surface area contributed by atoms with Crippen molar-refractivity contribution in [1.82, 2.24) is 25.2 Å². The molecule has 3 N–H and O–H groups in total. The van der Waals surface area contributed by atoms with Crippen LogP contribution in [0, 0.1) is 0 Å². The molecule has 1 aliphatic rings. The average Bonchev–Trinajstić information content (AvgIpc) is 3.41. The minimum atomic E-state index is -0.842. The van der Waals surface area contributed by atoms with Crippen LogP contribution < -0.4 is 16.0 Å². The van der Waals surface area contributed by atoms with Crippen LogP contribution in [0.2, 0.25) is 0 Å². The van der Waals surface area contributed by atoms with Crippen LogP contribution in [0.25, 0.3) is 16.9 Å². The van der Waals surface area contributed by atoms with E-state index < -0.39 is 6.17 Å². The van der Waals surface area contributed by atoms with Crippen molar-refractivity contribution in [3.05, 3.63) is 48.2 Å². The molecule has 7 nitrogen and oxygen atoms in total. The number of nitrogens with one attached hydrogen (secondary N) is 3. The lowest BCUT2D eigenvalue weighted by Crippen LogP contribution is -2.37. The Balaban J connectivity index is 1.42. The standard InChI is InChI=1S/C22H26F2N6O/c23-9-1-2-10-25-20-7-8-21-27-14-19(30(21)29-20)15-3-5-16(6-4-15)22(31)28-13-18-11-17(24)12-26-18/h3-8,14,17-18,26H,1-2,9-13H2,(H,25,29)(H,28,31)/t17-,18+/m1/s1. The quantitative estimate of drug-likeness (QED) is 0.457. The summed E-state index contributed by atoms with van der Waals surface area (Å²) in [7, 11) is 0. The SMILES string of the molecule is O=C(NC[C@@H]1C[C@@H](F)CN1)c1ccc(-c2cnc3ccc(NCCCCF)nn23)cc1. The molecule has 2 aromatic heterocycles. The van der Waals surface area contributed by atoms with Gasteiger partial charge < -0.3 is 16.0 Å². The number of alkyl halides is 2. The van der Waals surface area contributed by atoms with Gasteiger partial charge in [-0.15, -0.1) is 5.10 Å². The van der Waals surface area contributed by atoms with E-state index in [-0.39, 0.29) is 18.6 Å². The van der Waals surface area contributed by atoms with Crippen LogP contribution in [0.4, 0.5) is 14.6 Å². The zero-order valence-electron chi connectivity index (χ0n) is 17.2. The Labute approximate surface area is 179 Å². The summed E-state index contributed by atoms with van der Waals surface area (Å²) in [6.45, 7) is 1.08. The Morgan fingerprint density at radius 2 is 2.03 bits per heavy atom. The molecule has 1 saturated heterocycles. The third kappa shape index (κ3) is 5.16. The van der Waals surface area contributed by atoms with Gasteiger partial charge in [0, 0.05) is 36.8 Å². The number of aromatic nitrogens is 3. The van der Waals surface area contributed by atoms with Gasteiger partial charge >= 0.3 is 0 Å². The van der Waals surface area contributed by atoms with Crippen LogP contribution >= 0.6 is 0 Å². The molecule has 164 valence electrons. The van der Waals surface area contributed by atoms with Crippen molar-refractivity contribution >= 4 is 17.4 Å². The first-order valence-electron chi connectivity index (χ1n) is 10.5. The summed E-state index contributed by atoms with van der Waals surface area (Å²) >= 11 is 0. The van der Waals surface area contributed by atoms with Gasteiger partial charge in [0.2, 0.25) is 0 Å². The highest BCUT2D eigenvalue weighted by Crippen LogP contribution is 2.21. The van der Waals surface area contributed by atoms with Crippen molar-refractivity contribution in [3.63, 3.8) is 0 Å². The minimum absolute atomic E-state index is 0.0257. The first-order chi connectivity index (χ1) is 15.1. The van der Waals surface area contributed by atoms with Crippen LogP contribution in [0.1, 0.15) is 29.6 Å². The number of rotatable bonds is 9. The number of carbonyl (C=O) groups excluding carboxylic acids is 1. The summed E-state index contributed by atoms with van der Waals surface area (Å²) in [6, 6.07) is 10.9. The number of benzene rings is 1. The van der Waals surface area contributed by atoms with Gasteiger partial charge in [-0.2, -0.15) is 0 Å². The number of amides is 1. The average molecular weight is 428 g/mol. The maximum Gasteiger partial charge on any atom is 0.251 e. The molecule has 1 aromatic carbocycles. The molecular weight excluding hydrogens is 402 g/mol. The third-order valence-electron chi connectivity index (χ3n) is 5.35. The summed E-state index contributed by atoms with van der Waals surface area (Å²) in [4.78, 5) is 16.8. The molecule has 0 saturated carbocycles. The lowest BCUT2D eigenvalue weighted by atomic mass is 10.1. The normalized spacial score (nSPS) is 18.4. The van der Waals surface area contributed by atoms with E-state index in [1.54, 1.807) is 22.8 Å². The van der Waals surface area contributed by atoms with Crippen LogP contribution in [0.15, 0.2) is 42.6 Å². The van der Waals surface area contributed by atoms with E-state index in [0.29, 0.717) is 49.5 Å². The van der Waals surface area contributed by atoms with E-state index in [0.717, 1.165) is 17.7 Å². The molecule has 0 bridgehead atoms. The van der Waals surface area contributed by atoms with Crippen molar-refractivity contribution in [2.75, 3.05) is 31.6 Å². The van der Waals surface area contributed by atoms with Crippen LogP contribution in [-0.4, -0.2) is 59.0 Å². The Kier molecular flexibility index (Phi) is 6.71. The Morgan fingerprint density at radius 3 is 2.77 bits per heavy atom. The molecule has 4 rings (SSSR count). The molecule has 3 aromatic rings. The van der Waals surface area contributed by atoms with Crippen LogP contribution in [0.5, 0.6) is 0 Å². The van der Waals surface area contributed by atoms with Gasteiger partial charge in [-0.05, 0) is 43.5 Å². The number of hydrogen-bond acceptors (Lipinski definition) is 5. The van der Waals surface area contributed by atoms with E-state index >= 15 is 0 Å². The topological polar surface area (TPSA) is 83.3 Å². The summed E-state index contributed by atoms with van der Waals surface area (Å²) < 4.78 is 27.2. The summed E-state index contributed by atoms with van der Waals surface area (Å²) in [5, 5.41) is 13.7. The second kappa shape index (κ2) is 9.82. The van der Waals surface area contributed by atoms with E-state index in [1.165, 1.54) is 0 Å². The van der Waals surface area contributed by atoms with E-state index in [4.69, 9.17) is 0 Å². The predicted octanol–water partition coefficient (Wildman–Crippen LogP) is 2.99. The molecule has 3 heterocycles. The Hall–Kier alpha value is -3.07. The van der Waals surface area contributed by atoms with Crippen molar-refractivity contribution in [2.24, 2.45) is 0 Å². The van der Waals surface area contributed by atoms with Crippen molar-refractivity contribution in [1.29, 1.82) is 0 Å². The molecule has 9 heteroatoms. The summed E-state index contributed by atoms with van der Waals surface area (Å²) in [6.07, 6.45) is 2.59. The van der Waals surface area contributed by atoms with Gasteiger partial charge in [0.15, 0.2) is 5.65 Å². The molecule has 1 fully saturated rings. The van der Waals surface area contributed by atoms with Crippen molar-refractivity contribution < 1.29 is 13.6 Å². The highest BCUT2D eigenvalue weighted by molar-refractivity contribution is 5.94. The number of carbonyl (C=O) groups is 1. The monoisotopic (exact) mass is 428 g/mol. The number of anilines is 1.